The van der Waals surface area contributed by atoms with Crippen molar-refractivity contribution in [2.75, 3.05) is 0 Å². The third-order valence-corrected chi connectivity index (χ3v) is 3.76. The average Bonchev–Trinajstić information content (AvgIpc) is 2.43. The SMILES string of the molecule is Cc1ccc(C2CCCCC(O)C2)c(C)c1. The van der Waals surface area contributed by atoms with Crippen LogP contribution in [0.4, 0.5) is 0 Å². The normalized spacial score (nSPS) is 26.4. The first-order valence-corrected chi connectivity index (χ1v) is 6.42. The van der Waals surface area contributed by atoms with E-state index in [-0.39, 0.29) is 6.10 Å². The van der Waals surface area contributed by atoms with Crippen molar-refractivity contribution in [1.82, 2.24) is 0 Å². The van der Waals surface area contributed by atoms with Crippen LogP contribution in [0.5, 0.6) is 0 Å². The van der Waals surface area contributed by atoms with Crippen molar-refractivity contribution in [3.63, 3.8) is 0 Å². The number of aliphatic hydroxyl groups is 1. The van der Waals surface area contributed by atoms with Gasteiger partial charge in [-0.15, -0.1) is 0 Å². The number of hydrogen-bond acceptors (Lipinski definition) is 1. The molecule has 1 aromatic carbocycles. The van der Waals surface area contributed by atoms with Crippen molar-refractivity contribution in [1.29, 1.82) is 0 Å². The highest BCUT2D eigenvalue weighted by Crippen LogP contribution is 2.33. The molecule has 2 atom stereocenters. The molecule has 0 saturated heterocycles. The molecule has 0 heterocycles. The maximum Gasteiger partial charge on any atom is 0.0546 e. The van der Waals surface area contributed by atoms with Crippen molar-refractivity contribution >= 4 is 0 Å². The second-order valence-electron chi connectivity index (χ2n) is 5.23. The fourth-order valence-electron chi connectivity index (χ4n) is 2.90. The van der Waals surface area contributed by atoms with E-state index in [2.05, 4.69) is 32.0 Å². The highest BCUT2D eigenvalue weighted by atomic mass is 16.3. The van der Waals surface area contributed by atoms with E-state index in [9.17, 15) is 5.11 Å². The second kappa shape index (κ2) is 5.01. The zero-order valence-corrected chi connectivity index (χ0v) is 10.4. The lowest BCUT2D eigenvalue weighted by Crippen LogP contribution is -2.10. The summed E-state index contributed by atoms with van der Waals surface area (Å²) in [5.74, 6) is 0.568. The Balaban J connectivity index is 2.21. The van der Waals surface area contributed by atoms with E-state index in [1.165, 1.54) is 36.0 Å². The minimum atomic E-state index is -0.0896. The largest absolute Gasteiger partial charge is 0.393 e. The van der Waals surface area contributed by atoms with Crippen LogP contribution >= 0.6 is 0 Å². The quantitative estimate of drug-likeness (QED) is 0.712. The maximum absolute atomic E-state index is 9.87. The first kappa shape index (κ1) is 11.7. The van der Waals surface area contributed by atoms with Crippen molar-refractivity contribution in [2.24, 2.45) is 0 Å². The van der Waals surface area contributed by atoms with Gasteiger partial charge in [-0.25, -0.2) is 0 Å². The Hall–Kier alpha value is -0.820. The molecule has 88 valence electrons. The van der Waals surface area contributed by atoms with Crippen molar-refractivity contribution in [3.05, 3.63) is 34.9 Å². The number of hydrogen-bond donors (Lipinski definition) is 1. The standard InChI is InChI=1S/C15H22O/c1-11-7-8-15(12(2)9-11)13-5-3-4-6-14(16)10-13/h7-9,13-14,16H,3-6,10H2,1-2H3. The van der Waals surface area contributed by atoms with E-state index < -0.39 is 0 Å². The number of benzene rings is 1. The Morgan fingerprint density at radius 3 is 2.62 bits per heavy atom. The van der Waals surface area contributed by atoms with E-state index in [0.717, 1.165) is 12.8 Å². The molecule has 0 spiro atoms. The molecular formula is C15H22O. The van der Waals surface area contributed by atoms with Gasteiger partial charge in [0.15, 0.2) is 0 Å². The summed E-state index contributed by atoms with van der Waals surface area (Å²) in [6, 6.07) is 6.71. The maximum atomic E-state index is 9.87. The highest BCUT2D eigenvalue weighted by molar-refractivity contribution is 5.33. The van der Waals surface area contributed by atoms with E-state index in [4.69, 9.17) is 0 Å². The first-order chi connectivity index (χ1) is 7.66. The molecule has 1 saturated carbocycles. The predicted molar refractivity (Wildman–Crippen MR) is 67.7 cm³/mol. The second-order valence-corrected chi connectivity index (χ2v) is 5.23. The topological polar surface area (TPSA) is 20.2 Å². The summed E-state index contributed by atoms with van der Waals surface area (Å²) in [4.78, 5) is 0. The van der Waals surface area contributed by atoms with Crippen LogP contribution in [0.2, 0.25) is 0 Å². The van der Waals surface area contributed by atoms with Gasteiger partial charge in [0.2, 0.25) is 0 Å². The van der Waals surface area contributed by atoms with Crippen LogP contribution < -0.4 is 0 Å². The van der Waals surface area contributed by atoms with Crippen LogP contribution in [-0.4, -0.2) is 11.2 Å². The Kier molecular flexibility index (Phi) is 3.65. The van der Waals surface area contributed by atoms with E-state index in [0.29, 0.717) is 5.92 Å². The van der Waals surface area contributed by atoms with Gasteiger partial charge in [-0.1, -0.05) is 36.6 Å². The van der Waals surface area contributed by atoms with Crippen molar-refractivity contribution in [3.8, 4) is 0 Å². The smallest absolute Gasteiger partial charge is 0.0546 e. The summed E-state index contributed by atoms with van der Waals surface area (Å²) in [6.45, 7) is 4.33. The van der Waals surface area contributed by atoms with Crippen LogP contribution in [0.25, 0.3) is 0 Å². The van der Waals surface area contributed by atoms with E-state index in [1.54, 1.807) is 0 Å². The van der Waals surface area contributed by atoms with Crippen LogP contribution in [0.3, 0.4) is 0 Å². The highest BCUT2D eigenvalue weighted by Gasteiger charge is 2.20. The Morgan fingerprint density at radius 2 is 1.88 bits per heavy atom. The van der Waals surface area contributed by atoms with Crippen molar-refractivity contribution in [2.45, 2.75) is 58.0 Å². The molecule has 1 aromatic rings. The van der Waals surface area contributed by atoms with Crippen LogP contribution in [-0.2, 0) is 0 Å². The number of aryl methyl sites for hydroxylation is 2. The molecule has 0 amide bonds. The lowest BCUT2D eigenvalue weighted by atomic mass is 9.87. The fourth-order valence-corrected chi connectivity index (χ4v) is 2.90. The van der Waals surface area contributed by atoms with Gasteiger partial charge in [0.25, 0.3) is 0 Å². The van der Waals surface area contributed by atoms with Crippen molar-refractivity contribution < 1.29 is 5.11 Å². The van der Waals surface area contributed by atoms with Gasteiger partial charge in [0, 0.05) is 0 Å². The first-order valence-electron chi connectivity index (χ1n) is 6.42. The average molecular weight is 218 g/mol. The molecule has 1 fully saturated rings. The monoisotopic (exact) mass is 218 g/mol. The molecule has 16 heavy (non-hydrogen) atoms. The molecule has 0 bridgehead atoms. The van der Waals surface area contributed by atoms with Gasteiger partial charge >= 0.3 is 0 Å². The Labute approximate surface area is 98.5 Å². The Bertz CT molecular complexity index is 356. The third kappa shape index (κ3) is 2.65. The van der Waals surface area contributed by atoms with Gasteiger partial charge in [-0.3, -0.25) is 0 Å². The number of rotatable bonds is 1. The van der Waals surface area contributed by atoms with Crippen LogP contribution in [0.15, 0.2) is 18.2 Å². The lowest BCUT2D eigenvalue weighted by Gasteiger charge is -2.19. The minimum Gasteiger partial charge on any atom is -0.393 e. The molecule has 2 rings (SSSR count). The Morgan fingerprint density at radius 1 is 1.12 bits per heavy atom. The summed E-state index contributed by atoms with van der Waals surface area (Å²) in [5.41, 5.74) is 4.17. The molecule has 1 aliphatic rings. The summed E-state index contributed by atoms with van der Waals surface area (Å²) >= 11 is 0. The van der Waals surface area contributed by atoms with Crippen LogP contribution in [0, 0.1) is 13.8 Å². The van der Waals surface area contributed by atoms with Gasteiger partial charge in [-0.2, -0.15) is 0 Å². The molecule has 2 unspecified atom stereocenters. The molecular weight excluding hydrogens is 196 g/mol. The summed E-state index contributed by atoms with van der Waals surface area (Å²) < 4.78 is 0. The van der Waals surface area contributed by atoms with Gasteiger partial charge in [0.05, 0.1) is 6.10 Å². The summed E-state index contributed by atoms with van der Waals surface area (Å²) in [5, 5.41) is 9.87. The molecule has 1 nitrogen and oxygen atoms in total. The summed E-state index contributed by atoms with van der Waals surface area (Å²) in [6.07, 6.45) is 5.53. The summed E-state index contributed by atoms with van der Waals surface area (Å²) in [7, 11) is 0. The zero-order valence-electron chi connectivity index (χ0n) is 10.4. The number of aliphatic hydroxyl groups excluding tert-OH is 1. The van der Waals surface area contributed by atoms with Gasteiger partial charge < -0.3 is 5.11 Å². The minimum absolute atomic E-state index is 0.0896. The van der Waals surface area contributed by atoms with E-state index in [1.807, 2.05) is 0 Å². The molecule has 0 aliphatic heterocycles. The molecule has 1 aliphatic carbocycles. The molecule has 1 heteroatoms. The van der Waals surface area contributed by atoms with E-state index >= 15 is 0 Å². The van der Waals surface area contributed by atoms with Crippen LogP contribution in [0.1, 0.15) is 54.7 Å². The van der Waals surface area contributed by atoms with Gasteiger partial charge in [0.1, 0.15) is 0 Å². The third-order valence-electron chi connectivity index (χ3n) is 3.76. The predicted octanol–water partition coefficient (Wildman–Crippen LogP) is 3.71. The zero-order chi connectivity index (χ0) is 11.5. The molecule has 1 N–H and O–H groups in total. The lowest BCUT2D eigenvalue weighted by molar-refractivity contribution is 0.152. The molecule has 0 radical (unpaired) electrons. The molecule has 0 aromatic heterocycles. The fraction of sp³-hybridized carbons (Fsp3) is 0.600. The van der Waals surface area contributed by atoms with Gasteiger partial charge in [-0.05, 0) is 50.2 Å².